The van der Waals surface area contributed by atoms with Crippen molar-refractivity contribution in [2.75, 3.05) is 19.1 Å². The van der Waals surface area contributed by atoms with Crippen molar-refractivity contribution >= 4 is 18.1 Å². The molecule has 0 saturated carbocycles. The van der Waals surface area contributed by atoms with Crippen molar-refractivity contribution < 1.29 is 14.2 Å². The van der Waals surface area contributed by atoms with Crippen molar-refractivity contribution in [3.8, 4) is 17.4 Å². The maximum atomic E-state index is 5.70. The molecule has 0 unspecified atom stereocenters. The van der Waals surface area contributed by atoms with Gasteiger partial charge in [0.2, 0.25) is 18.6 Å². The van der Waals surface area contributed by atoms with E-state index in [2.05, 4.69) is 9.97 Å². The Morgan fingerprint density at radius 1 is 1.18 bits per heavy atom. The summed E-state index contributed by atoms with van der Waals surface area (Å²) in [7, 11) is 0. The molecule has 1 aromatic heterocycles. The summed E-state index contributed by atoms with van der Waals surface area (Å²) in [6.07, 6.45) is 4.69. The van der Waals surface area contributed by atoms with Gasteiger partial charge in [-0.3, -0.25) is 0 Å². The molecule has 2 heterocycles. The maximum absolute atomic E-state index is 5.70. The summed E-state index contributed by atoms with van der Waals surface area (Å²) >= 11 is 0. The lowest BCUT2D eigenvalue weighted by atomic mass is 10.2. The van der Waals surface area contributed by atoms with Gasteiger partial charge >= 0.3 is 0 Å². The summed E-state index contributed by atoms with van der Waals surface area (Å²) in [4.78, 5) is 8.22. The molecular formula is C16H17N3O3. The quantitative estimate of drug-likeness (QED) is 0.914. The van der Waals surface area contributed by atoms with Gasteiger partial charge in [-0.2, -0.15) is 4.98 Å². The van der Waals surface area contributed by atoms with Crippen molar-refractivity contribution in [2.45, 2.75) is 13.3 Å². The number of anilines is 1. The second-order valence-electron chi connectivity index (χ2n) is 4.78. The number of hydrogen-bond acceptors (Lipinski definition) is 6. The van der Waals surface area contributed by atoms with Gasteiger partial charge in [-0.15, -0.1) is 0 Å². The molecule has 0 bridgehead atoms. The van der Waals surface area contributed by atoms with Crippen LogP contribution in [0.2, 0.25) is 0 Å². The van der Waals surface area contributed by atoms with Crippen LogP contribution in [0.4, 0.5) is 5.95 Å². The molecular weight excluding hydrogens is 282 g/mol. The Morgan fingerprint density at radius 2 is 2.05 bits per heavy atom. The van der Waals surface area contributed by atoms with Gasteiger partial charge in [0, 0.05) is 6.07 Å². The van der Waals surface area contributed by atoms with Crippen molar-refractivity contribution in [3.05, 3.63) is 35.5 Å². The molecule has 0 aliphatic carbocycles. The highest BCUT2D eigenvalue weighted by Gasteiger charge is 2.12. The molecule has 0 saturated heterocycles. The lowest BCUT2D eigenvalue weighted by molar-refractivity contribution is 0.174. The molecule has 2 N–H and O–H groups in total. The predicted octanol–water partition coefficient (Wildman–Crippen LogP) is 2.75. The van der Waals surface area contributed by atoms with Crippen LogP contribution in [0, 0.1) is 0 Å². The van der Waals surface area contributed by atoms with Crippen LogP contribution in [-0.4, -0.2) is 23.4 Å². The van der Waals surface area contributed by atoms with Crippen LogP contribution >= 0.6 is 0 Å². The van der Waals surface area contributed by atoms with E-state index in [0.29, 0.717) is 18.2 Å². The minimum absolute atomic E-state index is 0.193. The van der Waals surface area contributed by atoms with Crippen LogP contribution in [0.5, 0.6) is 17.4 Å². The minimum Gasteiger partial charge on any atom is -0.478 e. The minimum atomic E-state index is 0.193. The topological polar surface area (TPSA) is 79.5 Å². The Kier molecular flexibility index (Phi) is 4.09. The molecule has 22 heavy (non-hydrogen) atoms. The Balaban J connectivity index is 1.78. The summed E-state index contributed by atoms with van der Waals surface area (Å²) in [6, 6.07) is 7.50. The van der Waals surface area contributed by atoms with E-state index in [1.165, 1.54) is 0 Å². The van der Waals surface area contributed by atoms with Crippen molar-refractivity contribution in [1.82, 2.24) is 9.97 Å². The fourth-order valence-corrected chi connectivity index (χ4v) is 2.03. The fourth-order valence-electron chi connectivity index (χ4n) is 2.03. The number of rotatable bonds is 5. The highest BCUT2D eigenvalue weighted by molar-refractivity contribution is 5.70. The summed E-state index contributed by atoms with van der Waals surface area (Å²) in [5.74, 6) is 2.19. The molecule has 1 aromatic carbocycles. The largest absolute Gasteiger partial charge is 0.478 e. The molecule has 6 nitrogen and oxygen atoms in total. The molecule has 1 aliphatic heterocycles. The second kappa shape index (κ2) is 6.34. The van der Waals surface area contributed by atoms with E-state index in [9.17, 15) is 0 Å². The summed E-state index contributed by atoms with van der Waals surface area (Å²) in [5.41, 5.74) is 7.38. The van der Waals surface area contributed by atoms with Crippen LogP contribution in [-0.2, 0) is 0 Å². The number of nitrogen functional groups attached to an aromatic ring is 1. The van der Waals surface area contributed by atoms with E-state index < -0.39 is 0 Å². The van der Waals surface area contributed by atoms with E-state index in [-0.39, 0.29) is 12.7 Å². The monoisotopic (exact) mass is 299 g/mol. The standard InChI is InChI=1S/C16H17N3O3/c1-2-7-20-15-9-12(18-16(17)19-15)5-3-11-4-6-13-14(8-11)22-10-21-13/h3-6,8-9H,2,7,10H2,1H3,(H2,17,18,19)/b5-3+. The van der Waals surface area contributed by atoms with Gasteiger partial charge in [0.25, 0.3) is 0 Å². The van der Waals surface area contributed by atoms with Crippen molar-refractivity contribution in [1.29, 1.82) is 0 Å². The van der Waals surface area contributed by atoms with Gasteiger partial charge < -0.3 is 19.9 Å². The van der Waals surface area contributed by atoms with Crippen molar-refractivity contribution in [2.24, 2.45) is 0 Å². The normalized spacial score (nSPS) is 12.8. The third kappa shape index (κ3) is 3.28. The highest BCUT2D eigenvalue weighted by atomic mass is 16.7. The molecule has 6 heteroatoms. The van der Waals surface area contributed by atoms with E-state index >= 15 is 0 Å². The smallest absolute Gasteiger partial charge is 0.231 e. The number of aromatic nitrogens is 2. The first kappa shape index (κ1) is 14.2. The van der Waals surface area contributed by atoms with Gasteiger partial charge in [0.15, 0.2) is 11.5 Å². The fraction of sp³-hybridized carbons (Fsp3) is 0.250. The van der Waals surface area contributed by atoms with Gasteiger partial charge in [0.05, 0.1) is 12.3 Å². The van der Waals surface area contributed by atoms with E-state index in [1.807, 2.05) is 37.3 Å². The van der Waals surface area contributed by atoms with Gasteiger partial charge in [-0.05, 0) is 30.2 Å². The molecule has 0 atom stereocenters. The third-order valence-electron chi connectivity index (χ3n) is 3.04. The number of nitrogens with two attached hydrogens (primary N) is 1. The van der Waals surface area contributed by atoms with Crippen LogP contribution in [0.25, 0.3) is 12.2 Å². The molecule has 2 aromatic rings. The van der Waals surface area contributed by atoms with Crippen LogP contribution in [0.1, 0.15) is 24.6 Å². The summed E-state index contributed by atoms with van der Waals surface area (Å²) < 4.78 is 16.1. The lowest BCUT2D eigenvalue weighted by Crippen LogP contribution is -2.02. The van der Waals surface area contributed by atoms with Crippen LogP contribution in [0.3, 0.4) is 0 Å². The van der Waals surface area contributed by atoms with Crippen molar-refractivity contribution in [3.63, 3.8) is 0 Å². The SMILES string of the molecule is CCCOc1cc(/C=C/c2ccc3c(c2)OCO3)nc(N)n1. The predicted molar refractivity (Wildman–Crippen MR) is 83.7 cm³/mol. The average Bonchev–Trinajstić information content (AvgIpc) is 2.98. The molecule has 0 amide bonds. The summed E-state index contributed by atoms with van der Waals surface area (Å²) in [6.45, 7) is 2.90. The zero-order valence-electron chi connectivity index (χ0n) is 12.3. The van der Waals surface area contributed by atoms with Gasteiger partial charge in [0.1, 0.15) is 0 Å². The highest BCUT2D eigenvalue weighted by Crippen LogP contribution is 2.32. The number of fused-ring (bicyclic) bond motifs is 1. The average molecular weight is 299 g/mol. The van der Waals surface area contributed by atoms with Crippen LogP contribution in [0.15, 0.2) is 24.3 Å². The second-order valence-corrected chi connectivity index (χ2v) is 4.78. The number of benzene rings is 1. The first-order valence-electron chi connectivity index (χ1n) is 7.09. The maximum Gasteiger partial charge on any atom is 0.231 e. The Bertz CT molecular complexity index is 701. The lowest BCUT2D eigenvalue weighted by Gasteiger charge is -2.05. The molecule has 0 spiro atoms. The zero-order valence-corrected chi connectivity index (χ0v) is 12.3. The zero-order chi connectivity index (χ0) is 15.4. The third-order valence-corrected chi connectivity index (χ3v) is 3.04. The summed E-state index contributed by atoms with van der Waals surface area (Å²) in [5, 5.41) is 0. The molecule has 1 aliphatic rings. The molecule has 3 rings (SSSR count). The van der Waals surface area contributed by atoms with Gasteiger partial charge in [-0.25, -0.2) is 4.98 Å². The number of nitrogens with zero attached hydrogens (tertiary/aromatic N) is 2. The van der Waals surface area contributed by atoms with Crippen LogP contribution < -0.4 is 19.9 Å². The molecule has 114 valence electrons. The Labute approximate surface area is 128 Å². The number of ether oxygens (including phenoxy) is 3. The van der Waals surface area contributed by atoms with Gasteiger partial charge in [-0.1, -0.05) is 19.1 Å². The Morgan fingerprint density at radius 3 is 2.91 bits per heavy atom. The first-order chi connectivity index (χ1) is 10.7. The van der Waals surface area contributed by atoms with E-state index in [1.54, 1.807) is 6.07 Å². The number of hydrogen-bond donors (Lipinski definition) is 1. The molecule has 0 fully saturated rings. The Hall–Kier alpha value is -2.76. The first-order valence-corrected chi connectivity index (χ1v) is 7.09. The molecule has 0 radical (unpaired) electrons. The van der Waals surface area contributed by atoms with E-state index in [0.717, 1.165) is 23.5 Å². The van der Waals surface area contributed by atoms with E-state index in [4.69, 9.17) is 19.9 Å².